The Morgan fingerprint density at radius 2 is 2.05 bits per heavy atom. The molecular weight excluding hydrogens is 285 g/mol. The number of aliphatic carboxylic acids is 1. The topological polar surface area (TPSA) is 66.4 Å². The Morgan fingerprint density at radius 3 is 2.60 bits per heavy atom. The van der Waals surface area contributed by atoms with Gasteiger partial charge in [-0.05, 0) is 32.4 Å². The van der Waals surface area contributed by atoms with Gasteiger partial charge in [0.2, 0.25) is 5.91 Å². The first-order chi connectivity index (χ1) is 9.21. The third-order valence-electron chi connectivity index (χ3n) is 2.84. The van der Waals surface area contributed by atoms with E-state index in [1.165, 1.54) is 18.2 Å². The molecule has 1 aromatic rings. The summed E-state index contributed by atoms with van der Waals surface area (Å²) in [5, 5.41) is 11.5. The molecule has 0 aliphatic carbocycles. The van der Waals surface area contributed by atoms with Crippen LogP contribution < -0.4 is 5.32 Å². The van der Waals surface area contributed by atoms with Crippen molar-refractivity contribution < 1.29 is 19.1 Å². The Balaban J connectivity index is 2.65. The maximum Gasteiger partial charge on any atom is 0.303 e. The monoisotopic (exact) mass is 301 g/mol. The van der Waals surface area contributed by atoms with Crippen molar-refractivity contribution in [3.05, 3.63) is 34.6 Å². The van der Waals surface area contributed by atoms with E-state index in [1.54, 1.807) is 13.8 Å². The molecule has 0 saturated heterocycles. The standard InChI is InChI=1S/C14H17ClFNO3/c1-14(2,7-6-13(19)20)17-12(18)8-9-10(15)4-3-5-11(9)16/h3-5H,6-8H2,1-2H3,(H,17,18)(H,19,20). The van der Waals surface area contributed by atoms with E-state index >= 15 is 0 Å². The van der Waals surface area contributed by atoms with Crippen LogP contribution in [0.25, 0.3) is 0 Å². The average Bonchev–Trinajstić information content (AvgIpc) is 2.31. The van der Waals surface area contributed by atoms with Gasteiger partial charge < -0.3 is 10.4 Å². The molecule has 0 aliphatic heterocycles. The summed E-state index contributed by atoms with van der Waals surface area (Å²) in [7, 11) is 0. The second-order valence-corrected chi connectivity index (χ2v) is 5.61. The number of amides is 1. The zero-order chi connectivity index (χ0) is 15.3. The summed E-state index contributed by atoms with van der Waals surface area (Å²) in [4.78, 5) is 22.4. The molecule has 4 nitrogen and oxygen atoms in total. The van der Waals surface area contributed by atoms with Gasteiger partial charge in [0.15, 0.2) is 0 Å². The fraction of sp³-hybridized carbons (Fsp3) is 0.429. The molecule has 6 heteroatoms. The molecule has 0 radical (unpaired) electrons. The Hall–Kier alpha value is -1.62. The van der Waals surface area contributed by atoms with Crippen LogP contribution >= 0.6 is 11.6 Å². The Labute approximate surface area is 121 Å². The van der Waals surface area contributed by atoms with Crippen molar-refractivity contribution in [2.45, 2.75) is 38.6 Å². The first kappa shape index (κ1) is 16.4. The van der Waals surface area contributed by atoms with E-state index in [9.17, 15) is 14.0 Å². The highest BCUT2D eigenvalue weighted by molar-refractivity contribution is 6.31. The fourth-order valence-corrected chi connectivity index (χ4v) is 2.00. The van der Waals surface area contributed by atoms with E-state index in [0.717, 1.165) is 0 Å². The zero-order valence-electron chi connectivity index (χ0n) is 11.4. The highest BCUT2D eigenvalue weighted by Gasteiger charge is 2.22. The first-order valence-electron chi connectivity index (χ1n) is 6.17. The van der Waals surface area contributed by atoms with Crippen LogP contribution in [-0.2, 0) is 16.0 Å². The van der Waals surface area contributed by atoms with E-state index in [0.29, 0.717) is 6.42 Å². The molecule has 0 spiro atoms. The lowest BCUT2D eigenvalue weighted by Crippen LogP contribution is -2.44. The summed E-state index contributed by atoms with van der Waals surface area (Å²) in [6.07, 6.45) is 0.0643. The van der Waals surface area contributed by atoms with E-state index in [4.69, 9.17) is 16.7 Å². The molecule has 0 unspecified atom stereocenters. The SMILES string of the molecule is CC(C)(CCC(=O)O)NC(=O)Cc1c(F)cccc1Cl. The molecule has 0 heterocycles. The quantitative estimate of drug-likeness (QED) is 0.849. The van der Waals surface area contributed by atoms with Gasteiger partial charge in [0.25, 0.3) is 0 Å². The molecule has 0 aromatic heterocycles. The number of rotatable bonds is 6. The summed E-state index contributed by atoms with van der Waals surface area (Å²) in [5.74, 6) is -1.85. The van der Waals surface area contributed by atoms with Crippen molar-refractivity contribution in [3.63, 3.8) is 0 Å². The minimum absolute atomic E-state index is 0.0479. The third kappa shape index (κ3) is 5.17. The van der Waals surface area contributed by atoms with Crippen molar-refractivity contribution in [3.8, 4) is 0 Å². The summed E-state index contributed by atoms with van der Waals surface area (Å²) >= 11 is 5.85. The normalized spacial score (nSPS) is 11.2. The molecule has 0 aliphatic rings. The van der Waals surface area contributed by atoms with Gasteiger partial charge in [-0.15, -0.1) is 0 Å². The van der Waals surface area contributed by atoms with Crippen molar-refractivity contribution in [1.82, 2.24) is 5.32 Å². The maximum atomic E-state index is 13.6. The van der Waals surface area contributed by atoms with Crippen molar-refractivity contribution in [1.29, 1.82) is 0 Å². The first-order valence-corrected chi connectivity index (χ1v) is 6.55. The molecular formula is C14H17ClFNO3. The van der Waals surface area contributed by atoms with Gasteiger partial charge in [0.05, 0.1) is 6.42 Å². The van der Waals surface area contributed by atoms with E-state index in [-0.39, 0.29) is 23.4 Å². The van der Waals surface area contributed by atoms with Crippen LogP contribution in [-0.4, -0.2) is 22.5 Å². The van der Waals surface area contributed by atoms with Gasteiger partial charge in [0.1, 0.15) is 5.82 Å². The third-order valence-corrected chi connectivity index (χ3v) is 3.19. The van der Waals surface area contributed by atoms with Crippen LogP contribution in [0.1, 0.15) is 32.3 Å². The summed E-state index contributed by atoms with van der Waals surface area (Å²) in [6.45, 7) is 3.44. The molecule has 0 fully saturated rings. The minimum Gasteiger partial charge on any atom is -0.481 e. The maximum absolute atomic E-state index is 13.6. The van der Waals surface area contributed by atoms with E-state index in [1.807, 2.05) is 0 Å². The van der Waals surface area contributed by atoms with Crippen molar-refractivity contribution in [2.75, 3.05) is 0 Å². The number of hydrogen-bond acceptors (Lipinski definition) is 2. The molecule has 1 aromatic carbocycles. The molecule has 1 rings (SSSR count). The van der Waals surface area contributed by atoms with Crippen LogP contribution in [0.2, 0.25) is 5.02 Å². The number of carbonyl (C=O) groups excluding carboxylic acids is 1. The Morgan fingerprint density at radius 1 is 1.40 bits per heavy atom. The zero-order valence-corrected chi connectivity index (χ0v) is 12.1. The van der Waals surface area contributed by atoms with Crippen LogP contribution in [0, 0.1) is 5.82 Å². The average molecular weight is 302 g/mol. The van der Waals surface area contributed by atoms with Gasteiger partial charge in [0, 0.05) is 22.5 Å². The smallest absolute Gasteiger partial charge is 0.303 e. The molecule has 2 N–H and O–H groups in total. The number of carboxylic acids is 1. The van der Waals surface area contributed by atoms with Gasteiger partial charge >= 0.3 is 5.97 Å². The predicted octanol–water partition coefficient (Wildman–Crippen LogP) is 2.78. The second-order valence-electron chi connectivity index (χ2n) is 5.20. The highest BCUT2D eigenvalue weighted by atomic mass is 35.5. The molecule has 0 bridgehead atoms. The Kier molecular flexibility index (Phi) is 5.51. The van der Waals surface area contributed by atoms with Crippen LogP contribution in [0.5, 0.6) is 0 Å². The lowest BCUT2D eigenvalue weighted by molar-refractivity contribution is -0.137. The number of hydrogen-bond donors (Lipinski definition) is 2. The number of carbonyl (C=O) groups is 2. The largest absolute Gasteiger partial charge is 0.481 e. The molecule has 0 saturated carbocycles. The van der Waals surface area contributed by atoms with Crippen LogP contribution in [0.15, 0.2) is 18.2 Å². The number of carboxylic acid groups (broad SMARTS) is 1. The van der Waals surface area contributed by atoms with Gasteiger partial charge in [-0.3, -0.25) is 9.59 Å². The molecule has 0 atom stereocenters. The number of benzene rings is 1. The van der Waals surface area contributed by atoms with E-state index in [2.05, 4.69) is 5.32 Å². The Bertz CT molecular complexity index is 497. The predicted molar refractivity (Wildman–Crippen MR) is 74.2 cm³/mol. The molecule has 1 amide bonds. The lowest BCUT2D eigenvalue weighted by atomic mass is 9.97. The van der Waals surface area contributed by atoms with E-state index < -0.39 is 23.2 Å². The number of nitrogens with one attached hydrogen (secondary N) is 1. The highest BCUT2D eigenvalue weighted by Crippen LogP contribution is 2.20. The summed E-state index contributed by atoms with van der Waals surface area (Å²) in [6, 6.07) is 4.22. The molecule has 20 heavy (non-hydrogen) atoms. The van der Waals surface area contributed by atoms with Gasteiger partial charge in [-0.2, -0.15) is 0 Å². The van der Waals surface area contributed by atoms with Crippen molar-refractivity contribution >= 4 is 23.5 Å². The van der Waals surface area contributed by atoms with Crippen LogP contribution in [0.4, 0.5) is 4.39 Å². The lowest BCUT2D eigenvalue weighted by Gasteiger charge is -2.25. The summed E-state index contributed by atoms with van der Waals surface area (Å²) in [5.41, 5.74) is -0.534. The van der Waals surface area contributed by atoms with Crippen molar-refractivity contribution in [2.24, 2.45) is 0 Å². The summed E-state index contributed by atoms with van der Waals surface area (Å²) < 4.78 is 13.6. The molecule has 110 valence electrons. The number of halogens is 2. The van der Waals surface area contributed by atoms with Gasteiger partial charge in [-0.25, -0.2) is 4.39 Å². The fourth-order valence-electron chi connectivity index (χ4n) is 1.77. The van der Waals surface area contributed by atoms with Gasteiger partial charge in [-0.1, -0.05) is 17.7 Å². The van der Waals surface area contributed by atoms with Crippen LogP contribution in [0.3, 0.4) is 0 Å². The second kappa shape index (κ2) is 6.70. The minimum atomic E-state index is -0.926.